The fraction of sp³-hybridized carbons (Fsp3) is 0.462. The minimum absolute atomic E-state index is 0.257. The highest BCUT2D eigenvalue weighted by Crippen LogP contribution is 2.20. The molecule has 0 aliphatic carbocycles. The first-order valence-electron chi connectivity index (χ1n) is 6.26. The Balaban J connectivity index is 1.91. The summed E-state index contributed by atoms with van der Waals surface area (Å²) in [6, 6.07) is 4.73. The molecule has 0 amide bonds. The zero-order valence-corrected chi connectivity index (χ0v) is 10.4. The molecule has 1 aliphatic rings. The number of nitrogens with two attached hydrogens (primary N) is 1. The SMILES string of the molecule is Nc1ccc(C(=O)O)cc1NCCN1CCCC1. The molecule has 0 saturated carbocycles. The van der Waals surface area contributed by atoms with Crippen LogP contribution >= 0.6 is 0 Å². The molecule has 5 nitrogen and oxygen atoms in total. The number of nitrogens with one attached hydrogen (secondary N) is 1. The van der Waals surface area contributed by atoms with Crippen LogP contribution in [0.2, 0.25) is 0 Å². The van der Waals surface area contributed by atoms with Gasteiger partial charge < -0.3 is 21.1 Å². The first-order chi connectivity index (χ1) is 8.66. The highest BCUT2D eigenvalue weighted by molar-refractivity contribution is 5.90. The molecule has 4 N–H and O–H groups in total. The van der Waals surface area contributed by atoms with E-state index in [2.05, 4.69) is 10.2 Å². The molecule has 0 aromatic heterocycles. The summed E-state index contributed by atoms with van der Waals surface area (Å²) in [5.74, 6) is -0.933. The molecule has 1 aromatic carbocycles. The van der Waals surface area contributed by atoms with Crippen molar-refractivity contribution >= 4 is 17.3 Å². The number of carboxylic acids is 1. The molecule has 0 radical (unpaired) electrons. The van der Waals surface area contributed by atoms with E-state index < -0.39 is 5.97 Å². The Bertz CT molecular complexity index is 428. The van der Waals surface area contributed by atoms with Crippen molar-refractivity contribution in [1.82, 2.24) is 4.90 Å². The van der Waals surface area contributed by atoms with Crippen molar-refractivity contribution in [3.05, 3.63) is 23.8 Å². The third-order valence-electron chi connectivity index (χ3n) is 3.24. The second-order valence-electron chi connectivity index (χ2n) is 4.58. The molecule has 1 aromatic rings. The summed E-state index contributed by atoms with van der Waals surface area (Å²) in [4.78, 5) is 13.3. The summed E-state index contributed by atoms with van der Waals surface area (Å²) in [7, 11) is 0. The summed E-state index contributed by atoms with van der Waals surface area (Å²) in [6.07, 6.45) is 2.55. The number of anilines is 2. The van der Waals surface area contributed by atoms with Gasteiger partial charge in [0, 0.05) is 13.1 Å². The number of carbonyl (C=O) groups is 1. The second kappa shape index (κ2) is 5.73. The van der Waals surface area contributed by atoms with Gasteiger partial charge in [-0.15, -0.1) is 0 Å². The maximum Gasteiger partial charge on any atom is 0.335 e. The van der Waals surface area contributed by atoms with E-state index in [1.165, 1.54) is 18.9 Å². The molecule has 1 fully saturated rings. The normalized spacial score (nSPS) is 15.8. The topological polar surface area (TPSA) is 78.6 Å². The average molecular weight is 249 g/mol. The standard InChI is InChI=1S/C13H19N3O2/c14-11-4-3-10(13(17)18)9-12(11)15-5-8-16-6-1-2-7-16/h3-4,9,15H,1-2,5-8,14H2,(H,17,18). The number of nitrogen functional groups attached to an aromatic ring is 1. The van der Waals surface area contributed by atoms with Crippen LogP contribution in [-0.2, 0) is 0 Å². The molecule has 1 aliphatic heterocycles. The van der Waals surface area contributed by atoms with Gasteiger partial charge in [0.2, 0.25) is 0 Å². The van der Waals surface area contributed by atoms with Crippen molar-refractivity contribution in [2.24, 2.45) is 0 Å². The molecule has 0 atom stereocenters. The van der Waals surface area contributed by atoms with Crippen molar-refractivity contribution in [2.45, 2.75) is 12.8 Å². The van der Waals surface area contributed by atoms with Gasteiger partial charge in [-0.1, -0.05) is 0 Å². The van der Waals surface area contributed by atoms with Crippen LogP contribution in [0, 0.1) is 0 Å². The monoisotopic (exact) mass is 249 g/mol. The first kappa shape index (κ1) is 12.7. The molecule has 18 heavy (non-hydrogen) atoms. The van der Waals surface area contributed by atoms with Crippen LogP contribution < -0.4 is 11.1 Å². The molecule has 0 unspecified atom stereocenters. The zero-order valence-electron chi connectivity index (χ0n) is 10.4. The first-order valence-corrected chi connectivity index (χ1v) is 6.26. The number of hydrogen-bond donors (Lipinski definition) is 3. The largest absolute Gasteiger partial charge is 0.478 e. The van der Waals surface area contributed by atoms with Crippen molar-refractivity contribution < 1.29 is 9.90 Å². The van der Waals surface area contributed by atoms with Crippen LogP contribution in [0.4, 0.5) is 11.4 Å². The molecule has 1 saturated heterocycles. The van der Waals surface area contributed by atoms with Gasteiger partial charge >= 0.3 is 5.97 Å². The third-order valence-corrected chi connectivity index (χ3v) is 3.24. The highest BCUT2D eigenvalue weighted by Gasteiger charge is 2.11. The maximum atomic E-state index is 10.9. The number of hydrogen-bond acceptors (Lipinski definition) is 4. The maximum absolute atomic E-state index is 10.9. The van der Waals surface area contributed by atoms with Gasteiger partial charge in [0.05, 0.1) is 16.9 Å². The van der Waals surface area contributed by atoms with Crippen molar-refractivity contribution in [3.8, 4) is 0 Å². The van der Waals surface area contributed by atoms with E-state index in [0.717, 1.165) is 26.2 Å². The van der Waals surface area contributed by atoms with Crippen LogP contribution in [0.25, 0.3) is 0 Å². The van der Waals surface area contributed by atoms with E-state index in [1.807, 2.05) is 0 Å². The molecule has 98 valence electrons. The summed E-state index contributed by atoms with van der Waals surface area (Å²) in [5.41, 5.74) is 7.36. The Morgan fingerprint density at radius 2 is 2.11 bits per heavy atom. The van der Waals surface area contributed by atoms with Gasteiger partial charge in [-0.25, -0.2) is 4.79 Å². The van der Waals surface area contributed by atoms with Crippen LogP contribution in [0.3, 0.4) is 0 Å². The van der Waals surface area contributed by atoms with E-state index in [9.17, 15) is 4.79 Å². The number of carboxylic acid groups (broad SMARTS) is 1. The van der Waals surface area contributed by atoms with Crippen LogP contribution in [0.1, 0.15) is 23.2 Å². The third kappa shape index (κ3) is 3.13. The van der Waals surface area contributed by atoms with Crippen LogP contribution in [0.15, 0.2) is 18.2 Å². The molecule has 5 heteroatoms. The fourth-order valence-corrected chi connectivity index (χ4v) is 2.20. The van der Waals surface area contributed by atoms with Crippen molar-refractivity contribution in [3.63, 3.8) is 0 Å². The Kier molecular flexibility index (Phi) is 4.04. The second-order valence-corrected chi connectivity index (χ2v) is 4.58. The molecule has 0 spiro atoms. The van der Waals surface area contributed by atoms with Crippen molar-refractivity contribution in [1.29, 1.82) is 0 Å². The Morgan fingerprint density at radius 1 is 1.39 bits per heavy atom. The number of benzene rings is 1. The van der Waals surface area contributed by atoms with Crippen LogP contribution in [-0.4, -0.2) is 42.2 Å². The highest BCUT2D eigenvalue weighted by atomic mass is 16.4. The van der Waals surface area contributed by atoms with Gasteiger partial charge in [0.15, 0.2) is 0 Å². The number of nitrogens with zero attached hydrogens (tertiary/aromatic N) is 1. The summed E-state index contributed by atoms with van der Waals surface area (Å²) in [6.45, 7) is 4.07. The predicted molar refractivity (Wildman–Crippen MR) is 72.0 cm³/mol. The number of aromatic carboxylic acids is 1. The Hall–Kier alpha value is -1.75. The average Bonchev–Trinajstić information content (AvgIpc) is 2.84. The lowest BCUT2D eigenvalue weighted by Crippen LogP contribution is -2.26. The van der Waals surface area contributed by atoms with Gasteiger partial charge in [0.25, 0.3) is 0 Å². The van der Waals surface area contributed by atoms with Gasteiger partial charge in [0.1, 0.15) is 0 Å². The fourth-order valence-electron chi connectivity index (χ4n) is 2.20. The zero-order chi connectivity index (χ0) is 13.0. The van der Waals surface area contributed by atoms with Gasteiger partial charge in [-0.2, -0.15) is 0 Å². The predicted octanol–water partition coefficient (Wildman–Crippen LogP) is 1.47. The molecule has 2 rings (SSSR count). The summed E-state index contributed by atoms with van der Waals surface area (Å²) >= 11 is 0. The lowest BCUT2D eigenvalue weighted by molar-refractivity contribution is 0.0697. The van der Waals surface area contributed by atoms with Gasteiger partial charge in [-0.3, -0.25) is 0 Å². The lowest BCUT2D eigenvalue weighted by atomic mass is 10.1. The van der Waals surface area contributed by atoms with E-state index in [4.69, 9.17) is 10.8 Å². The van der Waals surface area contributed by atoms with E-state index in [-0.39, 0.29) is 5.56 Å². The van der Waals surface area contributed by atoms with Crippen molar-refractivity contribution in [2.75, 3.05) is 37.2 Å². The molecule has 0 bridgehead atoms. The summed E-state index contributed by atoms with van der Waals surface area (Å²) < 4.78 is 0. The van der Waals surface area contributed by atoms with Crippen LogP contribution in [0.5, 0.6) is 0 Å². The van der Waals surface area contributed by atoms with E-state index in [0.29, 0.717) is 11.4 Å². The number of likely N-dealkylation sites (tertiary alicyclic amines) is 1. The molecular formula is C13H19N3O2. The summed E-state index contributed by atoms with van der Waals surface area (Å²) in [5, 5.41) is 12.1. The molecular weight excluding hydrogens is 230 g/mol. The van der Waals surface area contributed by atoms with E-state index in [1.54, 1.807) is 12.1 Å². The van der Waals surface area contributed by atoms with E-state index >= 15 is 0 Å². The quantitative estimate of drug-likeness (QED) is 0.689. The van der Waals surface area contributed by atoms with Gasteiger partial charge in [-0.05, 0) is 44.1 Å². The minimum atomic E-state index is -0.933. The lowest BCUT2D eigenvalue weighted by Gasteiger charge is -2.16. The smallest absolute Gasteiger partial charge is 0.335 e. The Labute approximate surface area is 107 Å². The molecule has 1 heterocycles. The Morgan fingerprint density at radius 3 is 2.78 bits per heavy atom. The minimum Gasteiger partial charge on any atom is -0.478 e. The number of rotatable bonds is 5.